The van der Waals surface area contributed by atoms with Gasteiger partial charge in [0.1, 0.15) is 11.7 Å². The molecule has 0 aliphatic carbocycles. The molecule has 186 valence electrons. The zero-order valence-corrected chi connectivity index (χ0v) is 21.7. The highest BCUT2D eigenvalue weighted by atomic mass is 35.5. The van der Waals surface area contributed by atoms with Crippen molar-refractivity contribution in [1.29, 1.82) is 0 Å². The van der Waals surface area contributed by atoms with Crippen LogP contribution in [0.15, 0.2) is 66.7 Å². The minimum atomic E-state index is -1.21. The zero-order chi connectivity index (χ0) is 25.4. The Labute approximate surface area is 220 Å². The Bertz CT molecular complexity index is 1320. The van der Waals surface area contributed by atoms with E-state index in [0.717, 1.165) is 5.56 Å². The van der Waals surface area contributed by atoms with Gasteiger partial charge in [-0.15, -0.1) is 0 Å². The number of benzene rings is 3. The van der Waals surface area contributed by atoms with Gasteiger partial charge >= 0.3 is 0 Å². The summed E-state index contributed by atoms with van der Waals surface area (Å²) in [5.41, 5.74) is 0.904. The molecule has 0 spiro atoms. The van der Waals surface area contributed by atoms with E-state index in [4.69, 9.17) is 38.0 Å². The Morgan fingerprint density at radius 2 is 1.86 bits per heavy atom. The summed E-state index contributed by atoms with van der Waals surface area (Å²) in [7, 11) is 1.60. The molecular weight excluding hydrogens is 498 g/mol. The van der Waals surface area contributed by atoms with Gasteiger partial charge < -0.3 is 24.8 Å². The highest BCUT2D eigenvalue weighted by molar-refractivity contribution is 7.80. The molecule has 3 aromatic carbocycles. The van der Waals surface area contributed by atoms with Crippen molar-refractivity contribution in [1.82, 2.24) is 5.32 Å². The van der Waals surface area contributed by atoms with E-state index in [1.807, 2.05) is 61.2 Å². The Morgan fingerprint density at radius 3 is 2.58 bits per heavy atom. The van der Waals surface area contributed by atoms with Crippen molar-refractivity contribution in [2.24, 2.45) is 5.92 Å². The van der Waals surface area contributed by atoms with Crippen molar-refractivity contribution in [2.75, 3.05) is 23.9 Å². The van der Waals surface area contributed by atoms with Gasteiger partial charge in [-0.25, -0.2) is 0 Å². The Morgan fingerprint density at radius 1 is 1.14 bits per heavy atom. The van der Waals surface area contributed by atoms with Crippen molar-refractivity contribution in [3.05, 3.63) is 77.3 Å². The van der Waals surface area contributed by atoms with Crippen LogP contribution in [0.4, 0.5) is 11.4 Å². The van der Waals surface area contributed by atoms with Gasteiger partial charge in [-0.1, -0.05) is 35.9 Å². The number of nitrogens with zero attached hydrogens (tertiary/aromatic N) is 1. The highest BCUT2D eigenvalue weighted by Crippen LogP contribution is 2.53. The molecule has 0 unspecified atom stereocenters. The molecule has 7 nitrogen and oxygen atoms in total. The number of nitrogens with one attached hydrogen (secondary N) is 2. The number of para-hydroxylation sites is 3. The second-order valence-electron chi connectivity index (χ2n) is 8.67. The summed E-state index contributed by atoms with van der Waals surface area (Å²) in [4.78, 5) is 15.7. The van der Waals surface area contributed by atoms with Crippen LogP contribution in [0.2, 0.25) is 5.02 Å². The molecule has 3 aromatic rings. The first kappa shape index (κ1) is 24.2. The quantitative estimate of drug-likeness (QED) is 0.411. The van der Waals surface area contributed by atoms with Gasteiger partial charge in [0, 0.05) is 16.3 Å². The molecule has 2 bridgehead atoms. The SMILES string of the molecule is CCOc1cccc2c1O[C@@]1(C)[C@H](C(=O)Nc3ccc(Cl)cc3)[C@H]2NC(=S)N1c1ccccc1OC. The van der Waals surface area contributed by atoms with Crippen LogP contribution in [-0.4, -0.2) is 30.5 Å². The van der Waals surface area contributed by atoms with Gasteiger partial charge in [0.25, 0.3) is 0 Å². The van der Waals surface area contributed by atoms with Gasteiger partial charge in [0.2, 0.25) is 5.91 Å². The number of halogens is 1. The van der Waals surface area contributed by atoms with Crippen molar-refractivity contribution in [3.8, 4) is 17.2 Å². The average molecular weight is 524 g/mol. The summed E-state index contributed by atoms with van der Waals surface area (Å²) in [5.74, 6) is 0.863. The third-order valence-electron chi connectivity index (χ3n) is 6.51. The maximum atomic E-state index is 13.9. The molecule has 1 amide bonds. The zero-order valence-electron chi connectivity index (χ0n) is 20.1. The smallest absolute Gasteiger partial charge is 0.236 e. The molecule has 2 aliphatic rings. The molecule has 2 N–H and O–H groups in total. The van der Waals surface area contributed by atoms with E-state index in [9.17, 15) is 4.79 Å². The lowest BCUT2D eigenvalue weighted by atomic mass is 9.78. The topological polar surface area (TPSA) is 72.1 Å². The molecule has 2 heterocycles. The first-order chi connectivity index (χ1) is 17.4. The lowest BCUT2D eigenvalue weighted by Gasteiger charge is -2.56. The molecule has 5 rings (SSSR count). The molecule has 2 aliphatic heterocycles. The minimum absolute atomic E-state index is 0.229. The number of hydrogen-bond acceptors (Lipinski definition) is 5. The lowest BCUT2D eigenvalue weighted by molar-refractivity contribution is -0.130. The first-order valence-corrected chi connectivity index (χ1v) is 12.4. The van der Waals surface area contributed by atoms with Crippen LogP contribution < -0.4 is 29.7 Å². The van der Waals surface area contributed by atoms with Crippen molar-refractivity contribution in [3.63, 3.8) is 0 Å². The summed E-state index contributed by atoms with van der Waals surface area (Å²) in [6.07, 6.45) is 0. The Hall–Kier alpha value is -3.49. The average Bonchev–Trinajstić information content (AvgIpc) is 2.86. The highest BCUT2D eigenvalue weighted by Gasteiger charge is 2.60. The molecule has 1 saturated heterocycles. The predicted octanol–water partition coefficient (Wildman–Crippen LogP) is 5.55. The number of methoxy groups -OCH3 is 1. The maximum Gasteiger partial charge on any atom is 0.236 e. The summed E-state index contributed by atoms with van der Waals surface area (Å²) in [6, 6.07) is 19.7. The number of carbonyl (C=O) groups is 1. The molecule has 9 heteroatoms. The van der Waals surface area contributed by atoms with Crippen molar-refractivity contribution >= 4 is 46.2 Å². The molecule has 3 atom stereocenters. The maximum absolute atomic E-state index is 13.9. The molecule has 36 heavy (non-hydrogen) atoms. The van der Waals surface area contributed by atoms with Crippen LogP contribution in [-0.2, 0) is 4.79 Å². The fourth-order valence-corrected chi connectivity index (χ4v) is 5.50. The van der Waals surface area contributed by atoms with Crippen molar-refractivity contribution in [2.45, 2.75) is 25.6 Å². The number of thiocarbonyl (C=S) groups is 1. The fraction of sp³-hybridized carbons (Fsp3) is 0.259. The van der Waals surface area contributed by atoms with Crippen LogP contribution >= 0.6 is 23.8 Å². The first-order valence-electron chi connectivity index (χ1n) is 11.6. The minimum Gasteiger partial charge on any atom is -0.495 e. The van der Waals surface area contributed by atoms with Gasteiger partial charge in [-0.2, -0.15) is 0 Å². The molecule has 1 fully saturated rings. The van der Waals surface area contributed by atoms with Crippen LogP contribution in [0.25, 0.3) is 0 Å². The van der Waals surface area contributed by atoms with Crippen molar-refractivity contribution < 1.29 is 19.0 Å². The second-order valence-corrected chi connectivity index (χ2v) is 9.50. The van der Waals surface area contributed by atoms with E-state index in [1.54, 1.807) is 31.4 Å². The third kappa shape index (κ3) is 4.00. The van der Waals surface area contributed by atoms with Gasteiger partial charge in [0.15, 0.2) is 22.3 Å². The molecule has 0 aromatic heterocycles. The number of anilines is 2. The molecule has 0 radical (unpaired) electrons. The van der Waals surface area contributed by atoms with Gasteiger partial charge in [-0.3, -0.25) is 9.69 Å². The van der Waals surface area contributed by atoms with E-state index in [-0.39, 0.29) is 5.91 Å². The van der Waals surface area contributed by atoms with Gasteiger partial charge in [0.05, 0.1) is 25.4 Å². The van der Waals surface area contributed by atoms with E-state index in [2.05, 4.69) is 10.6 Å². The van der Waals surface area contributed by atoms with E-state index in [1.165, 1.54) is 0 Å². The predicted molar refractivity (Wildman–Crippen MR) is 144 cm³/mol. The number of hydrogen-bond donors (Lipinski definition) is 2. The fourth-order valence-electron chi connectivity index (χ4n) is 4.97. The number of rotatable bonds is 6. The summed E-state index contributed by atoms with van der Waals surface area (Å²) >= 11 is 11.9. The lowest BCUT2D eigenvalue weighted by Crippen LogP contribution is -2.72. The third-order valence-corrected chi connectivity index (χ3v) is 7.06. The number of fused-ring (bicyclic) bond motifs is 4. The number of carbonyl (C=O) groups excluding carboxylic acids is 1. The number of ether oxygens (including phenoxy) is 3. The second kappa shape index (κ2) is 9.52. The van der Waals surface area contributed by atoms with E-state index < -0.39 is 17.7 Å². The van der Waals surface area contributed by atoms with Crippen LogP contribution in [0, 0.1) is 5.92 Å². The van der Waals surface area contributed by atoms with E-state index >= 15 is 0 Å². The van der Waals surface area contributed by atoms with Crippen LogP contribution in [0.5, 0.6) is 17.2 Å². The normalized spacial score (nSPS) is 22.1. The largest absolute Gasteiger partial charge is 0.495 e. The molecular formula is C27H26ClN3O4S. The van der Waals surface area contributed by atoms with Crippen LogP contribution in [0.1, 0.15) is 25.5 Å². The monoisotopic (exact) mass is 523 g/mol. The van der Waals surface area contributed by atoms with Gasteiger partial charge in [-0.05, 0) is 68.5 Å². The Kier molecular flexibility index (Phi) is 6.40. The van der Waals surface area contributed by atoms with Crippen LogP contribution in [0.3, 0.4) is 0 Å². The van der Waals surface area contributed by atoms with E-state index in [0.29, 0.717) is 45.4 Å². The molecule has 0 saturated carbocycles. The summed E-state index contributed by atoms with van der Waals surface area (Å²) in [5, 5.41) is 7.45. The summed E-state index contributed by atoms with van der Waals surface area (Å²) in [6.45, 7) is 4.27. The summed E-state index contributed by atoms with van der Waals surface area (Å²) < 4.78 is 18.3. The standard InChI is InChI=1S/C27H26ClN3O4S/c1-4-34-21-11-7-8-18-23-22(25(32)29-17-14-12-16(28)13-15-17)27(2,35-24(18)21)31(26(36)30-23)19-9-5-6-10-20(19)33-3/h5-15,22-23H,4H2,1-3H3,(H,29,32)(H,30,36)/t22-,23-,27-/m0/s1. The number of amides is 1. The Balaban J connectivity index is 1.66.